The van der Waals surface area contributed by atoms with Gasteiger partial charge in [0.05, 0.1) is 17.0 Å². The van der Waals surface area contributed by atoms with Crippen molar-refractivity contribution < 1.29 is 9.84 Å². The molecule has 3 N–H and O–H groups in total. The van der Waals surface area contributed by atoms with Crippen molar-refractivity contribution in [3.63, 3.8) is 0 Å². The smallest absolute Gasteiger partial charge is 0.164 e. The molecule has 0 spiro atoms. The summed E-state index contributed by atoms with van der Waals surface area (Å²) in [5.74, 6) is 1.89. The van der Waals surface area contributed by atoms with Crippen LogP contribution in [-0.2, 0) is 0 Å². The highest BCUT2D eigenvalue weighted by Crippen LogP contribution is 2.49. The van der Waals surface area contributed by atoms with E-state index in [4.69, 9.17) is 15.6 Å². The zero-order valence-corrected chi connectivity index (χ0v) is 19.9. The van der Waals surface area contributed by atoms with Gasteiger partial charge in [-0.05, 0) is 54.7 Å². The normalized spacial score (nSPS) is 21.0. The van der Waals surface area contributed by atoms with Crippen molar-refractivity contribution in [2.24, 2.45) is 5.41 Å². The van der Waals surface area contributed by atoms with Gasteiger partial charge in [0, 0.05) is 5.56 Å². The Labute approximate surface area is 199 Å². The van der Waals surface area contributed by atoms with E-state index < -0.39 is 5.60 Å². The van der Waals surface area contributed by atoms with Crippen LogP contribution >= 0.6 is 0 Å². The second-order valence-corrected chi connectivity index (χ2v) is 10.1. The molecule has 176 valence electrons. The quantitative estimate of drug-likeness (QED) is 0.404. The molecule has 5 rings (SSSR count). The summed E-state index contributed by atoms with van der Waals surface area (Å²) in [5.41, 5.74) is 7.36. The Bertz CT molecular complexity index is 1290. The molecule has 0 aliphatic heterocycles. The second-order valence-electron chi connectivity index (χ2n) is 10.1. The SMILES string of the molecule is CC(C)(C)C1(O)CCCCC1n1nc(-c2ccc(Oc3ccccc3)cc2)c2c(N)ncnc21. The number of anilines is 1. The number of hydrogen-bond donors (Lipinski definition) is 2. The van der Waals surface area contributed by atoms with Crippen molar-refractivity contribution >= 4 is 16.9 Å². The first-order valence-corrected chi connectivity index (χ1v) is 11.8. The number of para-hydroxylation sites is 1. The van der Waals surface area contributed by atoms with Gasteiger partial charge in [0.25, 0.3) is 0 Å². The number of aliphatic hydroxyl groups is 1. The number of fused-ring (bicyclic) bond motifs is 1. The minimum Gasteiger partial charge on any atom is -0.457 e. The number of nitrogen functional groups attached to an aromatic ring is 1. The van der Waals surface area contributed by atoms with Gasteiger partial charge in [-0.15, -0.1) is 0 Å². The van der Waals surface area contributed by atoms with Crippen molar-refractivity contribution in [3.8, 4) is 22.8 Å². The maximum Gasteiger partial charge on any atom is 0.164 e. The highest BCUT2D eigenvalue weighted by molar-refractivity contribution is 5.98. The zero-order chi connectivity index (χ0) is 23.9. The fourth-order valence-corrected chi connectivity index (χ4v) is 5.06. The molecule has 2 unspecified atom stereocenters. The minimum atomic E-state index is -0.908. The molecule has 2 atom stereocenters. The van der Waals surface area contributed by atoms with Gasteiger partial charge in [-0.1, -0.05) is 51.8 Å². The fraction of sp³-hybridized carbons (Fsp3) is 0.370. The number of hydrogen-bond acceptors (Lipinski definition) is 6. The largest absolute Gasteiger partial charge is 0.457 e. The highest BCUT2D eigenvalue weighted by atomic mass is 16.5. The molecule has 2 aromatic carbocycles. The molecule has 7 heteroatoms. The lowest BCUT2D eigenvalue weighted by Gasteiger charge is -2.48. The van der Waals surface area contributed by atoms with Gasteiger partial charge in [0.15, 0.2) is 5.65 Å². The molecular formula is C27H31N5O2. The summed E-state index contributed by atoms with van der Waals surface area (Å²) in [4.78, 5) is 8.79. The standard InChI is InChI=1S/C27H31N5O2/c1-26(2,3)27(33)16-8-7-11-21(27)32-25-22(24(28)29-17-30-25)23(31-32)18-12-14-20(15-13-18)34-19-9-5-4-6-10-19/h4-6,9-10,12-15,17,21,33H,7-8,11,16H2,1-3H3,(H2,28,29,30). The first kappa shape index (κ1) is 22.3. The summed E-state index contributed by atoms with van der Waals surface area (Å²) in [5, 5.41) is 17.6. The van der Waals surface area contributed by atoms with Crippen LogP contribution in [0.15, 0.2) is 60.9 Å². The van der Waals surface area contributed by atoms with Crippen molar-refractivity contribution in [1.82, 2.24) is 19.7 Å². The monoisotopic (exact) mass is 457 g/mol. The summed E-state index contributed by atoms with van der Waals surface area (Å²) >= 11 is 0. The van der Waals surface area contributed by atoms with Gasteiger partial charge in [0.1, 0.15) is 29.3 Å². The Morgan fingerprint density at radius 1 is 1.00 bits per heavy atom. The zero-order valence-electron chi connectivity index (χ0n) is 19.9. The Hall–Kier alpha value is -3.45. The molecule has 0 amide bonds. The molecule has 0 radical (unpaired) electrons. The number of rotatable bonds is 4. The predicted molar refractivity (Wildman–Crippen MR) is 134 cm³/mol. The Kier molecular flexibility index (Phi) is 5.52. The van der Waals surface area contributed by atoms with Gasteiger partial charge in [-0.2, -0.15) is 5.10 Å². The van der Waals surface area contributed by atoms with E-state index in [2.05, 4.69) is 30.7 Å². The van der Waals surface area contributed by atoms with Crippen LogP contribution in [0.3, 0.4) is 0 Å². The molecule has 1 fully saturated rings. The molecular weight excluding hydrogens is 426 g/mol. The van der Waals surface area contributed by atoms with Crippen LogP contribution in [0.2, 0.25) is 0 Å². The van der Waals surface area contributed by atoms with E-state index in [1.54, 1.807) is 0 Å². The summed E-state index contributed by atoms with van der Waals surface area (Å²) in [6, 6.07) is 17.2. The topological polar surface area (TPSA) is 99.1 Å². The maximum absolute atomic E-state index is 11.9. The molecule has 1 saturated carbocycles. The van der Waals surface area contributed by atoms with Crippen LogP contribution in [0.25, 0.3) is 22.3 Å². The number of nitrogens with two attached hydrogens (primary N) is 1. The summed E-state index contributed by atoms with van der Waals surface area (Å²) in [6.45, 7) is 6.27. The van der Waals surface area contributed by atoms with Crippen LogP contribution in [0.5, 0.6) is 11.5 Å². The second kappa shape index (κ2) is 8.40. The highest BCUT2D eigenvalue weighted by Gasteiger charge is 2.49. The number of aromatic nitrogens is 4. The maximum atomic E-state index is 11.9. The summed E-state index contributed by atoms with van der Waals surface area (Å²) in [6.07, 6.45) is 5.05. The first-order valence-electron chi connectivity index (χ1n) is 11.8. The van der Waals surface area contributed by atoms with E-state index in [0.29, 0.717) is 22.5 Å². The summed E-state index contributed by atoms with van der Waals surface area (Å²) < 4.78 is 7.83. The van der Waals surface area contributed by atoms with Crippen LogP contribution in [0.1, 0.15) is 52.5 Å². The number of ether oxygens (including phenoxy) is 1. The molecule has 0 saturated heterocycles. The van der Waals surface area contributed by atoms with Crippen LogP contribution in [0, 0.1) is 5.41 Å². The Morgan fingerprint density at radius 3 is 2.41 bits per heavy atom. The molecule has 2 heterocycles. The fourth-order valence-electron chi connectivity index (χ4n) is 5.06. The lowest BCUT2D eigenvalue weighted by molar-refractivity contribution is -0.122. The molecule has 1 aliphatic rings. The summed E-state index contributed by atoms with van der Waals surface area (Å²) in [7, 11) is 0. The van der Waals surface area contributed by atoms with E-state index >= 15 is 0 Å². The van der Waals surface area contributed by atoms with Gasteiger partial charge in [0.2, 0.25) is 0 Å². The molecule has 4 aromatic rings. The molecule has 2 aromatic heterocycles. The third kappa shape index (κ3) is 3.80. The van der Waals surface area contributed by atoms with Gasteiger partial charge < -0.3 is 15.6 Å². The first-order chi connectivity index (χ1) is 16.3. The number of nitrogens with zero attached hydrogens (tertiary/aromatic N) is 4. The molecule has 1 aliphatic carbocycles. The van der Waals surface area contributed by atoms with Crippen LogP contribution < -0.4 is 10.5 Å². The lowest BCUT2D eigenvalue weighted by atomic mass is 9.65. The molecule has 7 nitrogen and oxygen atoms in total. The van der Waals surface area contributed by atoms with Gasteiger partial charge >= 0.3 is 0 Å². The van der Waals surface area contributed by atoms with E-state index in [1.807, 2.05) is 59.3 Å². The van der Waals surface area contributed by atoms with Gasteiger partial charge in [-0.25, -0.2) is 14.6 Å². The van der Waals surface area contributed by atoms with E-state index in [0.717, 1.165) is 42.7 Å². The Balaban J connectivity index is 1.58. The van der Waals surface area contributed by atoms with Crippen molar-refractivity contribution in [1.29, 1.82) is 0 Å². The van der Waals surface area contributed by atoms with Gasteiger partial charge in [-0.3, -0.25) is 0 Å². The van der Waals surface area contributed by atoms with Crippen molar-refractivity contribution in [2.45, 2.75) is 58.1 Å². The van der Waals surface area contributed by atoms with E-state index in [1.165, 1.54) is 6.33 Å². The van der Waals surface area contributed by atoms with E-state index in [-0.39, 0.29) is 11.5 Å². The third-order valence-corrected chi connectivity index (χ3v) is 7.06. The third-order valence-electron chi connectivity index (χ3n) is 7.06. The number of benzene rings is 2. The average molecular weight is 458 g/mol. The molecule has 0 bridgehead atoms. The predicted octanol–water partition coefficient (Wildman–Crippen LogP) is 5.76. The van der Waals surface area contributed by atoms with Crippen LogP contribution in [-0.4, -0.2) is 30.5 Å². The van der Waals surface area contributed by atoms with Crippen LogP contribution in [0.4, 0.5) is 5.82 Å². The minimum absolute atomic E-state index is 0.201. The Morgan fingerprint density at radius 2 is 1.71 bits per heavy atom. The van der Waals surface area contributed by atoms with Crippen molar-refractivity contribution in [2.75, 3.05) is 5.73 Å². The van der Waals surface area contributed by atoms with E-state index in [9.17, 15) is 5.11 Å². The van der Waals surface area contributed by atoms with Crippen molar-refractivity contribution in [3.05, 3.63) is 60.9 Å². The molecule has 34 heavy (non-hydrogen) atoms. The average Bonchev–Trinajstić information content (AvgIpc) is 3.21. The lowest BCUT2D eigenvalue weighted by Crippen LogP contribution is -2.52.